The lowest BCUT2D eigenvalue weighted by molar-refractivity contribution is 0.281. The number of rotatable bonds is 7. The van der Waals surface area contributed by atoms with E-state index in [1.54, 1.807) is 11.3 Å². The molecule has 4 N–H and O–H groups in total. The molecule has 0 radical (unpaired) electrons. The molecule has 0 bridgehead atoms. The zero-order chi connectivity index (χ0) is 16.1. The van der Waals surface area contributed by atoms with Crippen LogP contribution in [0, 0.1) is 0 Å². The van der Waals surface area contributed by atoms with Crippen LogP contribution in [0.1, 0.15) is 0 Å². The van der Waals surface area contributed by atoms with Gasteiger partial charge in [-0.25, -0.2) is 0 Å². The van der Waals surface area contributed by atoms with Crippen LogP contribution in [0.2, 0.25) is 0 Å². The number of benzene rings is 1. The number of hydrogen-bond donors (Lipinski definition) is 3. The van der Waals surface area contributed by atoms with Crippen LogP contribution < -0.4 is 15.5 Å². The summed E-state index contributed by atoms with van der Waals surface area (Å²) in [6.45, 7) is 1.02. The van der Waals surface area contributed by atoms with Gasteiger partial charge in [-0.1, -0.05) is 0 Å². The van der Waals surface area contributed by atoms with E-state index in [0.717, 1.165) is 21.8 Å². The van der Waals surface area contributed by atoms with Crippen LogP contribution >= 0.6 is 11.3 Å². The number of aliphatic hydroxyl groups excluding tert-OH is 2. The second-order valence-electron chi connectivity index (χ2n) is 5.24. The van der Waals surface area contributed by atoms with Crippen LogP contribution in [0.5, 0.6) is 0 Å². The molecule has 0 spiro atoms. The highest BCUT2D eigenvalue weighted by Crippen LogP contribution is 2.41. The molecule has 22 heavy (non-hydrogen) atoms. The monoisotopic (exact) mass is 321 g/mol. The van der Waals surface area contributed by atoms with Crippen LogP contribution in [-0.4, -0.2) is 50.6 Å². The number of nitrogens with two attached hydrogens (primary N) is 1. The van der Waals surface area contributed by atoms with Crippen LogP contribution in [0.25, 0.3) is 10.4 Å². The number of thiophene rings is 1. The molecule has 2 rings (SSSR count). The topological polar surface area (TPSA) is 73.0 Å². The Kier molecular flexibility index (Phi) is 5.65. The van der Waals surface area contributed by atoms with Crippen molar-refractivity contribution in [2.75, 3.05) is 55.9 Å². The Morgan fingerprint density at radius 1 is 1.05 bits per heavy atom. The van der Waals surface area contributed by atoms with Crippen molar-refractivity contribution >= 4 is 28.4 Å². The molecule has 1 aromatic carbocycles. The van der Waals surface area contributed by atoms with Gasteiger partial charge in [0.15, 0.2) is 0 Å². The summed E-state index contributed by atoms with van der Waals surface area (Å²) >= 11 is 1.66. The Morgan fingerprint density at radius 3 is 2.32 bits per heavy atom. The maximum absolute atomic E-state index is 9.29. The number of nitrogens with zero attached hydrogens (tertiary/aromatic N) is 2. The van der Waals surface area contributed by atoms with E-state index in [2.05, 4.69) is 16.3 Å². The van der Waals surface area contributed by atoms with Crippen molar-refractivity contribution in [3.8, 4) is 10.4 Å². The van der Waals surface area contributed by atoms with Gasteiger partial charge in [-0.05, 0) is 29.6 Å². The zero-order valence-corrected chi connectivity index (χ0v) is 13.8. The van der Waals surface area contributed by atoms with Gasteiger partial charge in [0.25, 0.3) is 0 Å². The molecule has 5 nitrogen and oxygen atoms in total. The molecule has 0 amide bonds. The molecule has 2 aromatic rings. The van der Waals surface area contributed by atoms with Gasteiger partial charge in [-0.3, -0.25) is 0 Å². The van der Waals surface area contributed by atoms with Crippen LogP contribution in [0.4, 0.5) is 17.1 Å². The fourth-order valence-electron chi connectivity index (χ4n) is 2.46. The number of aliphatic hydroxyl groups is 2. The smallest absolute Gasteiger partial charge is 0.0606 e. The summed E-state index contributed by atoms with van der Waals surface area (Å²) in [6.07, 6.45) is 0. The maximum Gasteiger partial charge on any atom is 0.0606 e. The third kappa shape index (κ3) is 3.52. The van der Waals surface area contributed by atoms with Crippen LogP contribution in [0.3, 0.4) is 0 Å². The summed E-state index contributed by atoms with van der Waals surface area (Å²) in [5.74, 6) is 0. The molecule has 0 atom stereocenters. The van der Waals surface area contributed by atoms with Gasteiger partial charge in [0.2, 0.25) is 0 Å². The van der Waals surface area contributed by atoms with E-state index in [-0.39, 0.29) is 13.2 Å². The van der Waals surface area contributed by atoms with E-state index in [9.17, 15) is 10.2 Å². The standard InChI is InChI=1S/C16H23N3O2S/c1-18(2)15-5-10-22-16(15)13-11-12(17)3-4-14(13)19(6-8-20)7-9-21/h3-5,10-11,20-21H,6-9,17H2,1-2H3. The Labute approximate surface area is 135 Å². The summed E-state index contributed by atoms with van der Waals surface area (Å²) in [7, 11) is 4.02. The van der Waals surface area contributed by atoms with Gasteiger partial charge in [0.1, 0.15) is 0 Å². The zero-order valence-electron chi connectivity index (χ0n) is 13.0. The van der Waals surface area contributed by atoms with Crippen molar-refractivity contribution in [2.45, 2.75) is 0 Å². The molecule has 0 saturated heterocycles. The molecule has 120 valence electrons. The van der Waals surface area contributed by atoms with Crippen LogP contribution in [0.15, 0.2) is 29.6 Å². The minimum atomic E-state index is 0.0365. The molecule has 1 aromatic heterocycles. The maximum atomic E-state index is 9.29. The predicted octanol–water partition coefficient (Wildman–Crippen LogP) is 1.85. The van der Waals surface area contributed by atoms with Crippen molar-refractivity contribution < 1.29 is 10.2 Å². The highest BCUT2D eigenvalue weighted by molar-refractivity contribution is 7.14. The van der Waals surface area contributed by atoms with Crippen molar-refractivity contribution in [1.29, 1.82) is 0 Å². The first-order valence-corrected chi connectivity index (χ1v) is 8.07. The number of anilines is 3. The minimum Gasteiger partial charge on any atom is -0.399 e. The van der Waals surface area contributed by atoms with Crippen LogP contribution in [-0.2, 0) is 0 Å². The number of hydrogen-bond acceptors (Lipinski definition) is 6. The third-order valence-corrected chi connectivity index (χ3v) is 4.41. The van der Waals surface area contributed by atoms with Gasteiger partial charge in [-0.2, -0.15) is 0 Å². The van der Waals surface area contributed by atoms with Crippen molar-refractivity contribution in [3.63, 3.8) is 0 Å². The molecule has 0 unspecified atom stereocenters. The molecular formula is C16H23N3O2S. The number of nitrogen functional groups attached to an aromatic ring is 1. The average Bonchev–Trinajstić information content (AvgIpc) is 2.96. The summed E-state index contributed by atoms with van der Waals surface area (Å²) < 4.78 is 0. The van der Waals surface area contributed by atoms with Gasteiger partial charge >= 0.3 is 0 Å². The highest BCUT2D eigenvalue weighted by Gasteiger charge is 2.17. The summed E-state index contributed by atoms with van der Waals surface area (Å²) in [5.41, 5.74) is 9.81. The Hall–Kier alpha value is -1.76. The summed E-state index contributed by atoms with van der Waals surface area (Å²) in [5, 5.41) is 20.6. The molecule has 0 fully saturated rings. The first-order chi connectivity index (χ1) is 10.6. The van der Waals surface area contributed by atoms with Crippen molar-refractivity contribution in [1.82, 2.24) is 0 Å². The largest absolute Gasteiger partial charge is 0.399 e. The first-order valence-electron chi connectivity index (χ1n) is 7.20. The van der Waals surface area contributed by atoms with Crippen molar-refractivity contribution in [3.05, 3.63) is 29.6 Å². The van der Waals surface area contributed by atoms with Crippen molar-refractivity contribution in [2.24, 2.45) is 0 Å². The van der Waals surface area contributed by atoms with E-state index in [4.69, 9.17) is 5.73 Å². The molecule has 6 heteroatoms. The van der Waals surface area contributed by atoms with Gasteiger partial charge in [0.05, 0.1) is 23.8 Å². The fourth-order valence-corrected chi connectivity index (χ4v) is 3.46. The molecule has 0 aliphatic heterocycles. The molecular weight excluding hydrogens is 298 g/mol. The molecule has 1 heterocycles. The second kappa shape index (κ2) is 7.49. The Balaban J connectivity index is 2.54. The lowest BCUT2D eigenvalue weighted by Gasteiger charge is -2.26. The van der Waals surface area contributed by atoms with Gasteiger partial charge < -0.3 is 25.7 Å². The molecule has 0 aliphatic rings. The second-order valence-corrected chi connectivity index (χ2v) is 6.16. The molecule has 0 aliphatic carbocycles. The highest BCUT2D eigenvalue weighted by atomic mass is 32.1. The lowest BCUT2D eigenvalue weighted by Crippen LogP contribution is -2.30. The fraction of sp³-hybridized carbons (Fsp3) is 0.375. The van der Waals surface area contributed by atoms with Gasteiger partial charge in [0, 0.05) is 44.1 Å². The average molecular weight is 321 g/mol. The molecule has 0 saturated carbocycles. The quantitative estimate of drug-likeness (QED) is 0.679. The minimum absolute atomic E-state index is 0.0365. The van der Waals surface area contributed by atoms with E-state index in [1.165, 1.54) is 0 Å². The normalized spacial score (nSPS) is 10.7. The van der Waals surface area contributed by atoms with Gasteiger partial charge in [-0.15, -0.1) is 11.3 Å². The third-order valence-electron chi connectivity index (χ3n) is 3.47. The lowest BCUT2D eigenvalue weighted by atomic mass is 10.1. The summed E-state index contributed by atoms with van der Waals surface area (Å²) in [6, 6.07) is 7.84. The van der Waals surface area contributed by atoms with E-state index < -0.39 is 0 Å². The Morgan fingerprint density at radius 2 is 1.73 bits per heavy atom. The van der Waals surface area contributed by atoms with E-state index >= 15 is 0 Å². The SMILES string of the molecule is CN(C)c1ccsc1-c1cc(N)ccc1N(CCO)CCO. The Bertz CT molecular complexity index is 607. The van der Waals surface area contributed by atoms with E-state index in [0.29, 0.717) is 18.8 Å². The van der Waals surface area contributed by atoms with E-state index in [1.807, 2.05) is 37.2 Å². The summed E-state index contributed by atoms with van der Waals surface area (Å²) in [4.78, 5) is 5.18. The first kappa shape index (κ1) is 16.6. The predicted molar refractivity (Wildman–Crippen MR) is 94.9 cm³/mol.